The van der Waals surface area contributed by atoms with Gasteiger partial charge in [0.1, 0.15) is 23.6 Å². The molecule has 22 heavy (non-hydrogen) atoms. The smallest absolute Gasteiger partial charge is 0.257 e. The number of aromatic amines is 1. The number of amides is 1. The van der Waals surface area contributed by atoms with Gasteiger partial charge < -0.3 is 14.6 Å². The third-order valence-electron chi connectivity index (χ3n) is 3.54. The van der Waals surface area contributed by atoms with Crippen LogP contribution in [-0.2, 0) is 4.74 Å². The molecule has 0 unspecified atom stereocenters. The molecule has 1 aliphatic rings. The fourth-order valence-electron chi connectivity index (χ4n) is 2.43. The fraction of sp³-hybridized carbons (Fsp3) is 0.333. The van der Waals surface area contributed by atoms with Crippen molar-refractivity contribution in [3.8, 4) is 0 Å². The Kier molecular flexibility index (Phi) is 3.89. The SMILES string of the molecule is Cc1cnc([C@@H]2CN(C(=O)c3cc(F)ccc3F)CCO2)[nH]1. The van der Waals surface area contributed by atoms with Crippen LogP contribution in [0, 0.1) is 18.6 Å². The third kappa shape index (κ3) is 2.85. The first-order chi connectivity index (χ1) is 10.5. The number of hydrogen-bond donors (Lipinski definition) is 1. The number of halogens is 2. The number of morpholine rings is 1. The van der Waals surface area contributed by atoms with Crippen LogP contribution in [-0.4, -0.2) is 40.5 Å². The molecule has 1 saturated heterocycles. The highest BCUT2D eigenvalue weighted by atomic mass is 19.1. The molecular weight excluding hydrogens is 292 g/mol. The van der Waals surface area contributed by atoms with Crippen LogP contribution in [0.15, 0.2) is 24.4 Å². The molecule has 0 aliphatic carbocycles. The zero-order valence-electron chi connectivity index (χ0n) is 12.0. The molecule has 0 radical (unpaired) electrons. The van der Waals surface area contributed by atoms with E-state index < -0.39 is 23.6 Å². The number of nitrogens with one attached hydrogen (secondary N) is 1. The Labute approximate surface area is 125 Å². The summed E-state index contributed by atoms with van der Waals surface area (Å²) in [6.45, 7) is 2.74. The van der Waals surface area contributed by atoms with E-state index in [0.29, 0.717) is 19.0 Å². The number of rotatable bonds is 2. The summed E-state index contributed by atoms with van der Waals surface area (Å²) in [5.74, 6) is -1.30. The van der Waals surface area contributed by atoms with E-state index in [-0.39, 0.29) is 12.1 Å². The number of benzene rings is 1. The van der Waals surface area contributed by atoms with Gasteiger partial charge in [-0.2, -0.15) is 0 Å². The van der Waals surface area contributed by atoms with Gasteiger partial charge in [-0.25, -0.2) is 13.8 Å². The van der Waals surface area contributed by atoms with Crippen LogP contribution >= 0.6 is 0 Å². The van der Waals surface area contributed by atoms with Gasteiger partial charge in [-0.3, -0.25) is 4.79 Å². The average molecular weight is 307 g/mol. The van der Waals surface area contributed by atoms with Crippen molar-refractivity contribution in [2.24, 2.45) is 0 Å². The van der Waals surface area contributed by atoms with Crippen molar-refractivity contribution in [3.05, 3.63) is 53.1 Å². The van der Waals surface area contributed by atoms with Gasteiger partial charge in [0.15, 0.2) is 0 Å². The Hall–Kier alpha value is -2.28. The highest BCUT2D eigenvalue weighted by Gasteiger charge is 2.29. The molecule has 1 aromatic carbocycles. The lowest BCUT2D eigenvalue weighted by Crippen LogP contribution is -2.42. The maximum Gasteiger partial charge on any atom is 0.257 e. The number of carbonyl (C=O) groups excluding carboxylic acids is 1. The van der Waals surface area contributed by atoms with Crippen molar-refractivity contribution in [2.75, 3.05) is 19.7 Å². The summed E-state index contributed by atoms with van der Waals surface area (Å²) < 4.78 is 32.6. The first-order valence-corrected chi connectivity index (χ1v) is 6.92. The quantitative estimate of drug-likeness (QED) is 0.925. The van der Waals surface area contributed by atoms with Crippen molar-refractivity contribution in [2.45, 2.75) is 13.0 Å². The molecule has 1 atom stereocenters. The largest absolute Gasteiger partial charge is 0.367 e. The summed E-state index contributed by atoms with van der Waals surface area (Å²) in [6, 6.07) is 2.86. The predicted octanol–water partition coefficient (Wildman–Crippen LogP) is 2.21. The van der Waals surface area contributed by atoms with Crippen molar-refractivity contribution in [1.29, 1.82) is 0 Å². The van der Waals surface area contributed by atoms with Crippen molar-refractivity contribution in [1.82, 2.24) is 14.9 Å². The molecule has 116 valence electrons. The highest BCUT2D eigenvalue weighted by Crippen LogP contribution is 2.22. The van der Waals surface area contributed by atoms with E-state index in [1.807, 2.05) is 6.92 Å². The molecule has 2 heterocycles. The van der Waals surface area contributed by atoms with Gasteiger partial charge >= 0.3 is 0 Å². The van der Waals surface area contributed by atoms with Gasteiger partial charge in [-0.05, 0) is 25.1 Å². The minimum Gasteiger partial charge on any atom is -0.367 e. The van der Waals surface area contributed by atoms with Gasteiger partial charge in [0, 0.05) is 18.4 Å². The fourth-order valence-corrected chi connectivity index (χ4v) is 2.43. The van der Waals surface area contributed by atoms with Gasteiger partial charge in [0.2, 0.25) is 0 Å². The molecular formula is C15H15F2N3O2. The van der Waals surface area contributed by atoms with E-state index >= 15 is 0 Å². The minimum absolute atomic E-state index is 0.238. The number of ether oxygens (including phenoxy) is 1. The summed E-state index contributed by atoms with van der Waals surface area (Å²) in [7, 11) is 0. The van der Waals surface area contributed by atoms with E-state index in [9.17, 15) is 13.6 Å². The predicted molar refractivity (Wildman–Crippen MR) is 74.3 cm³/mol. The maximum absolute atomic E-state index is 13.7. The normalized spacial score (nSPS) is 18.5. The number of imidazole rings is 1. The van der Waals surface area contributed by atoms with Crippen LogP contribution in [0.3, 0.4) is 0 Å². The Morgan fingerprint density at radius 2 is 2.27 bits per heavy atom. The number of nitrogens with zero attached hydrogens (tertiary/aromatic N) is 2. The Morgan fingerprint density at radius 1 is 1.45 bits per heavy atom. The first kappa shape index (κ1) is 14.6. The maximum atomic E-state index is 13.7. The summed E-state index contributed by atoms with van der Waals surface area (Å²) in [4.78, 5) is 21.1. The molecule has 1 fully saturated rings. The van der Waals surface area contributed by atoms with Gasteiger partial charge in [0.05, 0.1) is 18.7 Å². The zero-order chi connectivity index (χ0) is 15.7. The van der Waals surface area contributed by atoms with Crippen LogP contribution in [0.2, 0.25) is 0 Å². The molecule has 1 N–H and O–H groups in total. The summed E-state index contributed by atoms with van der Waals surface area (Å²) >= 11 is 0. The van der Waals surface area contributed by atoms with Crippen LogP contribution in [0.25, 0.3) is 0 Å². The molecule has 1 amide bonds. The molecule has 1 aromatic heterocycles. The molecule has 5 nitrogen and oxygen atoms in total. The van der Waals surface area contributed by atoms with E-state index in [1.165, 1.54) is 4.90 Å². The number of aryl methyl sites for hydroxylation is 1. The third-order valence-corrected chi connectivity index (χ3v) is 3.54. The summed E-state index contributed by atoms with van der Waals surface area (Å²) in [5.41, 5.74) is 0.620. The topological polar surface area (TPSA) is 58.2 Å². The lowest BCUT2D eigenvalue weighted by Gasteiger charge is -2.32. The number of aromatic nitrogens is 2. The van der Waals surface area contributed by atoms with Crippen molar-refractivity contribution < 1.29 is 18.3 Å². The Bertz CT molecular complexity index is 702. The molecule has 0 spiro atoms. The average Bonchev–Trinajstić information content (AvgIpc) is 2.96. The van der Waals surface area contributed by atoms with Crippen molar-refractivity contribution >= 4 is 5.91 Å². The molecule has 0 bridgehead atoms. The van der Waals surface area contributed by atoms with Crippen LogP contribution in [0.5, 0.6) is 0 Å². The number of carbonyl (C=O) groups is 1. The molecule has 2 aromatic rings. The first-order valence-electron chi connectivity index (χ1n) is 6.92. The molecule has 7 heteroatoms. The van der Waals surface area contributed by atoms with E-state index in [4.69, 9.17) is 4.74 Å². The molecule has 3 rings (SSSR count). The standard InChI is InChI=1S/C15H15F2N3O2/c1-9-7-18-14(19-9)13-8-20(4-5-22-13)15(21)11-6-10(16)2-3-12(11)17/h2-3,6-7,13H,4-5,8H2,1H3,(H,18,19)/t13-/m0/s1. The Balaban J connectivity index is 1.79. The second-order valence-electron chi connectivity index (χ2n) is 5.19. The van der Waals surface area contributed by atoms with E-state index in [2.05, 4.69) is 9.97 Å². The van der Waals surface area contributed by atoms with Crippen molar-refractivity contribution in [3.63, 3.8) is 0 Å². The van der Waals surface area contributed by atoms with E-state index in [0.717, 1.165) is 23.9 Å². The van der Waals surface area contributed by atoms with Crippen LogP contribution < -0.4 is 0 Å². The monoisotopic (exact) mass is 307 g/mol. The lowest BCUT2D eigenvalue weighted by atomic mass is 10.1. The lowest BCUT2D eigenvalue weighted by molar-refractivity contribution is -0.0266. The summed E-state index contributed by atoms with van der Waals surface area (Å²) in [6.07, 6.45) is 1.27. The number of H-pyrrole nitrogens is 1. The second kappa shape index (κ2) is 5.84. The number of hydrogen-bond acceptors (Lipinski definition) is 3. The molecule has 0 saturated carbocycles. The van der Waals surface area contributed by atoms with Crippen LogP contribution in [0.4, 0.5) is 8.78 Å². The minimum atomic E-state index is -0.733. The second-order valence-corrected chi connectivity index (χ2v) is 5.19. The summed E-state index contributed by atoms with van der Waals surface area (Å²) in [5, 5.41) is 0. The van der Waals surface area contributed by atoms with Gasteiger partial charge in [0.25, 0.3) is 5.91 Å². The van der Waals surface area contributed by atoms with E-state index in [1.54, 1.807) is 6.20 Å². The van der Waals surface area contributed by atoms with Gasteiger partial charge in [-0.1, -0.05) is 0 Å². The molecule has 1 aliphatic heterocycles. The van der Waals surface area contributed by atoms with Crippen LogP contribution in [0.1, 0.15) is 28.0 Å². The highest BCUT2D eigenvalue weighted by molar-refractivity contribution is 5.94. The zero-order valence-corrected chi connectivity index (χ0v) is 12.0. The van der Waals surface area contributed by atoms with Gasteiger partial charge in [-0.15, -0.1) is 0 Å². The Morgan fingerprint density at radius 3 is 3.00 bits per heavy atom.